The van der Waals surface area contributed by atoms with E-state index in [0.717, 1.165) is 21.6 Å². The molecule has 154 valence electrons. The summed E-state index contributed by atoms with van der Waals surface area (Å²) < 4.78 is 16.2. The van der Waals surface area contributed by atoms with Crippen LogP contribution >= 0.6 is 11.3 Å². The van der Waals surface area contributed by atoms with Crippen LogP contribution in [0.2, 0.25) is 0 Å². The summed E-state index contributed by atoms with van der Waals surface area (Å²) in [7, 11) is 1.23. The molecule has 0 unspecified atom stereocenters. The van der Waals surface area contributed by atoms with Gasteiger partial charge in [-0.25, -0.2) is 4.79 Å². The first kappa shape index (κ1) is 21.3. The summed E-state index contributed by atoms with van der Waals surface area (Å²) in [6, 6.07) is 8.10. The van der Waals surface area contributed by atoms with Gasteiger partial charge in [-0.3, -0.25) is 4.79 Å². The van der Waals surface area contributed by atoms with E-state index in [4.69, 9.17) is 9.47 Å². The Hall–Kier alpha value is -2.44. The van der Waals surface area contributed by atoms with Gasteiger partial charge in [-0.05, 0) is 81.3 Å². The number of hydrogen-bond acceptors (Lipinski definition) is 6. The highest BCUT2D eigenvalue weighted by Gasteiger charge is 2.49. The minimum absolute atomic E-state index is 0.163. The van der Waals surface area contributed by atoms with Gasteiger partial charge in [0.05, 0.1) is 12.7 Å². The maximum atomic E-state index is 13.4. The quantitative estimate of drug-likeness (QED) is 0.605. The maximum Gasteiger partial charge on any atom is 0.513 e. The zero-order chi connectivity index (χ0) is 21.6. The van der Waals surface area contributed by atoms with Crippen LogP contribution in [0.5, 0.6) is 0 Å². The molecule has 0 atom stereocenters. The fourth-order valence-electron chi connectivity index (χ4n) is 3.61. The molecule has 29 heavy (non-hydrogen) atoms. The summed E-state index contributed by atoms with van der Waals surface area (Å²) in [5.74, 6) is -0.0744. The third-order valence-electron chi connectivity index (χ3n) is 4.93. The Labute approximate surface area is 175 Å². The molecule has 5 nitrogen and oxygen atoms in total. The van der Waals surface area contributed by atoms with Gasteiger partial charge in [-0.2, -0.15) is 0 Å². The summed E-state index contributed by atoms with van der Waals surface area (Å²) in [6.45, 7) is 11.0. The predicted octanol–water partition coefficient (Wildman–Crippen LogP) is 5.68. The Morgan fingerprint density at radius 1 is 1.07 bits per heavy atom. The lowest BCUT2D eigenvalue weighted by Crippen LogP contribution is -2.50. The van der Waals surface area contributed by atoms with Crippen molar-refractivity contribution in [3.05, 3.63) is 52.1 Å². The number of rotatable bonds is 3. The first-order valence-electron chi connectivity index (χ1n) is 9.38. The summed E-state index contributed by atoms with van der Waals surface area (Å²) in [5.41, 5.74) is 2.11. The topological polar surface area (TPSA) is 61.8 Å². The Morgan fingerprint density at radius 2 is 1.76 bits per heavy atom. The van der Waals surface area contributed by atoms with E-state index in [-0.39, 0.29) is 11.5 Å². The van der Waals surface area contributed by atoms with Crippen LogP contribution in [0, 0.1) is 13.8 Å². The normalized spacial score (nSPS) is 18.0. The zero-order valence-corrected chi connectivity index (χ0v) is 18.7. The maximum absolute atomic E-state index is 13.4. The Bertz CT molecular complexity index is 1010. The molecular formula is C23H26O5S. The number of ether oxygens (including phenoxy) is 3. The number of aryl methyl sites for hydroxylation is 2. The van der Waals surface area contributed by atoms with Gasteiger partial charge in [-0.15, -0.1) is 11.3 Å². The summed E-state index contributed by atoms with van der Waals surface area (Å²) >= 11 is 1.65. The van der Waals surface area contributed by atoms with Crippen LogP contribution in [-0.2, 0) is 19.0 Å². The lowest BCUT2D eigenvalue weighted by Gasteiger charge is -2.41. The van der Waals surface area contributed by atoms with Crippen LogP contribution in [-0.4, -0.2) is 30.3 Å². The van der Waals surface area contributed by atoms with E-state index in [1.54, 1.807) is 39.0 Å². The Kier molecular flexibility index (Phi) is 5.45. The molecule has 1 aromatic carbocycles. The minimum Gasteiger partial charge on any atom is -0.437 e. The van der Waals surface area contributed by atoms with Crippen molar-refractivity contribution in [3.8, 4) is 10.4 Å². The Balaban J connectivity index is 2.27. The highest BCUT2D eigenvalue weighted by Crippen LogP contribution is 2.43. The SMILES string of the molecule is COC(=O)OC1=C(c2cc(-c3cc(C)cs3)ccc2C)C(=O)C(C)(C)OC1(C)C. The average molecular weight is 415 g/mol. The van der Waals surface area contributed by atoms with Gasteiger partial charge in [0.1, 0.15) is 11.2 Å². The molecule has 0 saturated carbocycles. The van der Waals surface area contributed by atoms with Crippen molar-refractivity contribution in [2.75, 3.05) is 7.11 Å². The zero-order valence-electron chi connectivity index (χ0n) is 17.8. The van der Waals surface area contributed by atoms with Crippen molar-refractivity contribution in [2.24, 2.45) is 0 Å². The van der Waals surface area contributed by atoms with Crippen LogP contribution in [0.4, 0.5) is 4.79 Å². The standard InChI is InChI=1S/C23H26O5S/c1-13-10-17(29-12-13)15-9-8-14(2)16(11-15)18-19(24)22(3,4)28-23(5,6)20(18)27-21(25)26-7/h8-12H,1-7H3. The van der Waals surface area contributed by atoms with Crippen molar-refractivity contribution in [1.29, 1.82) is 0 Å². The van der Waals surface area contributed by atoms with Gasteiger partial charge >= 0.3 is 6.16 Å². The number of hydrogen-bond donors (Lipinski definition) is 0. The summed E-state index contributed by atoms with van der Waals surface area (Å²) in [6.07, 6.45) is -0.885. The molecule has 0 N–H and O–H groups in total. The molecule has 3 rings (SSSR count). The fourth-order valence-corrected chi connectivity index (χ4v) is 4.50. The van der Waals surface area contributed by atoms with Crippen molar-refractivity contribution in [2.45, 2.75) is 52.7 Å². The molecule has 0 bridgehead atoms. The lowest BCUT2D eigenvalue weighted by molar-refractivity contribution is -0.158. The van der Waals surface area contributed by atoms with Crippen molar-refractivity contribution >= 4 is 28.8 Å². The number of carbonyl (C=O) groups is 2. The molecule has 6 heteroatoms. The minimum atomic E-state index is -1.07. The largest absolute Gasteiger partial charge is 0.513 e. The number of thiophene rings is 1. The molecule has 1 aliphatic rings. The third kappa shape index (κ3) is 4.00. The van der Waals surface area contributed by atoms with Crippen LogP contribution in [0.3, 0.4) is 0 Å². The van der Waals surface area contributed by atoms with Gasteiger partial charge in [0.25, 0.3) is 0 Å². The van der Waals surface area contributed by atoms with E-state index in [1.807, 2.05) is 32.0 Å². The second-order valence-corrected chi connectivity index (χ2v) is 9.14. The van der Waals surface area contributed by atoms with Gasteiger partial charge in [0.2, 0.25) is 0 Å². The van der Waals surface area contributed by atoms with Gasteiger partial charge < -0.3 is 14.2 Å². The van der Waals surface area contributed by atoms with Crippen LogP contribution in [0.25, 0.3) is 16.0 Å². The molecule has 1 aromatic heterocycles. The second kappa shape index (κ2) is 7.43. The number of carbonyl (C=O) groups excluding carboxylic acids is 2. The van der Waals surface area contributed by atoms with E-state index in [9.17, 15) is 9.59 Å². The van der Waals surface area contributed by atoms with Crippen molar-refractivity contribution in [3.63, 3.8) is 0 Å². The molecule has 0 saturated heterocycles. The van der Waals surface area contributed by atoms with Gasteiger partial charge in [0, 0.05) is 4.88 Å². The van der Waals surface area contributed by atoms with E-state index in [2.05, 4.69) is 16.2 Å². The first-order chi connectivity index (χ1) is 13.5. The smallest absolute Gasteiger partial charge is 0.437 e. The second-order valence-electron chi connectivity index (χ2n) is 8.23. The lowest BCUT2D eigenvalue weighted by atomic mass is 9.81. The molecule has 0 aliphatic carbocycles. The van der Waals surface area contributed by atoms with Crippen LogP contribution in [0.15, 0.2) is 35.4 Å². The van der Waals surface area contributed by atoms with E-state index in [1.165, 1.54) is 12.7 Å². The number of Topliss-reactive ketones (excluding diaryl/α,β-unsaturated/α-hetero) is 1. The molecule has 0 fully saturated rings. The molecule has 2 aromatic rings. The number of methoxy groups -OCH3 is 1. The van der Waals surface area contributed by atoms with Crippen LogP contribution in [0.1, 0.15) is 44.4 Å². The molecular weight excluding hydrogens is 388 g/mol. The first-order valence-corrected chi connectivity index (χ1v) is 10.3. The highest BCUT2D eigenvalue weighted by atomic mass is 32.1. The Morgan fingerprint density at radius 3 is 2.34 bits per heavy atom. The number of ketones is 1. The molecule has 0 radical (unpaired) electrons. The predicted molar refractivity (Wildman–Crippen MR) is 114 cm³/mol. The van der Waals surface area contributed by atoms with Crippen molar-refractivity contribution < 1.29 is 23.8 Å². The highest BCUT2D eigenvalue weighted by molar-refractivity contribution is 7.13. The third-order valence-corrected chi connectivity index (χ3v) is 6.03. The molecule has 0 spiro atoms. The van der Waals surface area contributed by atoms with E-state index in [0.29, 0.717) is 5.57 Å². The van der Waals surface area contributed by atoms with Crippen LogP contribution < -0.4 is 0 Å². The molecule has 0 amide bonds. The molecule has 2 heterocycles. The summed E-state index contributed by atoms with van der Waals surface area (Å²) in [5, 5.41) is 2.09. The average Bonchev–Trinajstić information content (AvgIpc) is 3.06. The monoisotopic (exact) mass is 414 g/mol. The number of benzene rings is 1. The van der Waals surface area contributed by atoms with Gasteiger partial charge in [-0.1, -0.05) is 12.1 Å². The fraction of sp³-hybridized carbons (Fsp3) is 0.391. The van der Waals surface area contributed by atoms with Crippen molar-refractivity contribution in [1.82, 2.24) is 0 Å². The molecule has 1 aliphatic heterocycles. The van der Waals surface area contributed by atoms with Gasteiger partial charge in [0.15, 0.2) is 11.5 Å². The summed E-state index contributed by atoms with van der Waals surface area (Å²) in [4.78, 5) is 26.5. The van der Waals surface area contributed by atoms with E-state index >= 15 is 0 Å². The van der Waals surface area contributed by atoms with E-state index < -0.39 is 17.4 Å².